The summed E-state index contributed by atoms with van der Waals surface area (Å²) < 4.78 is 15.4. The molecular formula is C27H22FN5OS. The predicted molar refractivity (Wildman–Crippen MR) is 136 cm³/mol. The maximum Gasteiger partial charge on any atom is 0.230 e. The number of halogens is 1. The van der Waals surface area contributed by atoms with Crippen molar-refractivity contribution in [2.75, 3.05) is 5.75 Å². The van der Waals surface area contributed by atoms with Crippen molar-refractivity contribution in [3.8, 4) is 17.1 Å². The first-order chi connectivity index (χ1) is 17.1. The van der Waals surface area contributed by atoms with Gasteiger partial charge in [-0.2, -0.15) is 0 Å². The maximum absolute atomic E-state index is 13.5. The molecule has 2 heterocycles. The third-order valence-electron chi connectivity index (χ3n) is 5.64. The summed E-state index contributed by atoms with van der Waals surface area (Å²) in [4.78, 5) is 16.8. The van der Waals surface area contributed by atoms with Crippen molar-refractivity contribution in [2.24, 2.45) is 0 Å². The number of hydrogen-bond donors (Lipinski definition) is 1. The van der Waals surface area contributed by atoms with E-state index in [1.165, 1.54) is 23.9 Å². The summed E-state index contributed by atoms with van der Waals surface area (Å²) in [5, 5.41) is 14.6. The van der Waals surface area contributed by atoms with E-state index in [-0.39, 0.29) is 23.5 Å². The molecule has 1 atom stereocenters. The first kappa shape index (κ1) is 22.7. The summed E-state index contributed by atoms with van der Waals surface area (Å²) in [7, 11) is 0. The highest BCUT2D eigenvalue weighted by Crippen LogP contribution is 2.28. The van der Waals surface area contributed by atoms with Crippen LogP contribution < -0.4 is 5.32 Å². The fourth-order valence-corrected chi connectivity index (χ4v) is 4.61. The van der Waals surface area contributed by atoms with Gasteiger partial charge in [0.25, 0.3) is 0 Å². The minimum absolute atomic E-state index is 0.116. The molecule has 6 nitrogen and oxygen atoms in total. The molecule has 0 saturated carbocycles. The van der Waals surface area contributed by atoms with Crippen LogP contribution in [0.1, 0.15) is 18.5 Å². The number of benzene rings is 3. The van der Waals surface area contributed by atoms with Crippen molar-refractivity contribution < 1.29 is 9.18 Å². The number of thioether (sulfide) groups is 1. The number of pyridine rings is 1. The van der Waals surface area contributed by atoms with Crippen LogP contribution >= 0.6 is 11.8 Å². The molecule has 0 aliphatic heterocycles. The molecule has 1 N–H and O–H groups in total. The molecule has 1 amide bonds. The van der Waals surface area contributed by atoms with Gasteiger partial charge in [0.15, 0.2) is 11.0 Å². The molecule has 0 aliphatic carbocycles. The monoisotopic (exact) mass is 483 g/mol. The predicted octanol–water partition coefficient (Wildman–Crippen LogP) is 5.59. The molecule has 8 heteroatoms. The molecule has 35 heavy (non-hydrogen) atoms. The average molecular weight is 484 g/mol. The molecule has 0 spiro atoms. The fraction of sp³-hybridized carbons (Fsp3) is 0.111. The summed E-state index contributed by atoms with van der Waals surface area (Å²) >= 11 is 1.28. The van der Waals surface area contributed by atoms with Crippen LogP contribution in [0.5, 0.6) is 0 Å². The van der Waals surface area contributed by atoms with Gasteiger partial charge in [0.1, 0.15) is 5.82 Å². The molecule has 0 saturated heterocycles. The van der Waals surface area contributed by atoms with Crippen LogP contribution in [0.4, 0.5) is 4.39 Å². The van der Waals surface area contributed by atoms with E-state index in [9.17, 15) is 9.18 Å². The number of fused-ring (bicyclic) bond motifs is 1. The second kappa shape index (κ2) is 10.1. The first-order valence-electron chi connectivity index (χ1n) is 11.1. The van der Waals surface area contributed by atoms with Crippen molar-refractivity contribution in [2.45, 2.75) is 18.1 Å². The van der Waals surface area contributed by atoms with Crippen LogP contribution in [0, 0.1) is 5.82 Å². The summed E-state index contributed by atoms with van der Waals surface area (Å²) in [6.07, 6.45) is 3.35. The number of carbonyl (C=O) groups is 1. The summed E-state index contributed by atoms with van der Waals surface area (Å²) in [6.45, 7) is 1.97. The van der Waals surface area contributed by atoms with E-state index in [2.05, 4.69) is 44.8 Å². The van der Waals surface area contributed by atoms with Crippen LogP contribution in [0.3, 0.4) is 0 Å². The fourth-order valence-electron chi connectivity index (χ4n) is 3.85. The molecule has 5 rings (SSSR count). The topological polar surface area (TPSA) is 72.7 Å². The van der Waals surface area contributed by atoms with E-state index in [0.717, 1.165) is 21.9 Å². The van der Waals surface area contributed by atoms with Crippen molar-refractivity contribution in [1.29, 1.82) is 0 Å². The second-order valence-corrected chi connectivity index (χ2v) is 8.98. The Labute approximate surface area is 206 Å². The molecule has 1 unspecified atom stereocenters. The van der Waals surface area contributed by atoms with Crippen LogP contribution in [-0.4, -0.2) is 31.4 Å². The van der Waals surface area contributed by atoms with Crippen LogP contribution in [0.15, 0.2) is 96.4 Å². The molecule has 0 aliphatic rings. The Balaban J connectivity index is 1.33. The van der Waals surface area contributed by atoms with E-state index in [1.807, 2.05) is 41.8 Å². The molecule has 5 aromatic rings. The Hall–Kier alpha value is -4.04. The highest BCUT2D eigenvalue weighted by Gasteiger charge is 2.18. The van der Waals surface area contributed by atoms with E-state index < -0.39 is 0 Å². The van der Waals surface area contributed by atoms with E-state index in [4.69, 9.17) is 0 Å². The Bertz CT molecular complexity index is 1470. The van der Waals surface area contributed by atoms with E-state index in [0.29, 0.717) is 16.7 Å². The van der Waals surface area contributed by atoms with Crippen molar-refractivity contribution in [3.63, 3.8) is 0 Å². The van der Waals surface area contributed by atoms with Gasteiger partial charge in [0.05, 0.1) is 11.8 Å². The van der Waals surface area contributed by atoms with Gasteiger partial charge < -0.3 is 5.32 Å². The zero-order valence-electron chi connectivity index (χ0n) is 18.9. The molecule has 0 fully saturated rings. The second-order valence-electron chi connectivity index (χ2n) is 8.04. The third kappa shape index (κ3) is 5.07. The Morgan fingerprint density at radius 2 is 1.71 bits per heavy atom. The van der Waals surface area contributed by atoms with E-state index >= 15 is 0 Å². The largest absolute Gasteiger partial charge is 0.349 e. The number of aromatic nitrogens is 4. The lowest BCUT2D eigenvalue weighted by atomic mass is 10.0. The SMILES string of the molecule is CC(NC(=O)CSc1nnc(-c2ccncc2)n1-c1ccc(F)cc1)c1ccc2ccccc2c1. The lowest BCUT2D eigenvalue weighted by Crippen LogP contribution is -2.28. The van der Waals surface area contributed by atoms with Crippen molar-refractivity contribution in [1.82, 2.24) is 25.1 Å². The van der Waals surface area contributed by atoms with Gasteiger partial charge >= 0.3 is 0 Å². The number of amides is 1. The quantitative estimate of drug-likeness (QED) is 0.306. The first-order valence-corrected chi connectivity index (χ1v) is 12.1. The van der Waals surface area contributed by atoms with Crippen LogP contribution in [0.2, 0.25) is 0 Å². The summed E-state index contributed by atoms with van der Waals surface area (Å²) in [5.41, 5.74) is 2.56. The minimum Gasteiger partial charge on any atom is -0.349 e. The number of nitrogens with one attached hydrogen (secondary N) is 1. The summed E-state index contributed by atoms with van der Waals surface area (Å²) in [5.74, 6) is 0.304. The third-order valence-corrected chi connectivity index (χ3v) is 6.57. The standard InChI is InChI=1S/C27H22FN5OS/c1-18(21-7-6-19-4-2-3-5-22(19)16-21)30-25(34)17-35-27-32-31-26(20-12-14-29-15-13-20)33(27)24-10-8-23(28)9-11-24/h2-16,18H,17H2,1H3,(H,30,34). The van der Waals surface area contributed by atoms with Gasteiger partial charge in [-0.05, 0) is 65.7 Å². The zero-order valence-corrected chi connectivity index (χ0v) is 19.7. The number of hydrogen-bond acceptors (Lipinski definition) is 5. The zero-order chi connectivity index (χ0) is 24.2. The Morgan fingerprint density at radius 1 is 0.971 bits per heavy atom. The minimum atomic E-state index is -0.330. The van der Waals surface area contributed by atoms with Crippen LogP contribution in [-0.2, 0) is 4.79 Å². The average Bonchev–Trinajstić information content (AvgIpc) is 3.32. The van der Waals surface area contributed by atoms with Gasteiger partial charge in [-0.1, -0.05) is 48.2 Å². The maximum atomic E-state index is 13.5. The molecular weight excluding hydrogens is 461 g/mol. The Kier molecular flexibility index (Phi) is 6.54. The normalized spacial score (nSPS) is 11.9. The van der Waals surface area contributed by atoms with Gasteiger partial charge in [0, 0.05) is 23.6 Å². The molecule has 3 aromatic carbocycles. The number of rotatable bonds is 7. The number of carbonyl (C=O) groups excluding carboxylic acids is 1. The molecule has 174 valence electrons. The smallest absolute Gasteiger partial charge is 0.230 e. The molecule has 2 aromatic heterocycles. The lowest BCUT2D eigenvalue weighted by molar-refractivity contribution is -0.119. The lowest BCUT2D eigenvalue weighted by Gasteiger charge is -2.15. The van der Waals surface area contributed by atoms with Gasteiger partial charge in [-0.3, -0.25) is 14.3 Å². The number of nitrogens with zero attached hydrogens (tertiary/aromatic N) is 4. The highest BCUT2D eigenvalue weighted by molar-refractivity contribution is 7.99. The van der Waals surface area contributed by atoms with Gasteiger partial charge in [-0.25, -0.2) is 4.39 Å². The van der Waals surface area contributed by atoms with E-state index in [1.54, 1.807) is 24.5 Å². The molecule has 0 bridgehead atoms. The Morgan fingerprint density at radius 3 is 2.49 bits per heavy atom. The van der Waals surface area contributed by atoms with Crippen molar-refractivity contribution in [3.05, 3.63) is 103 Å². The molecule has 0 radical (unpaired) electrons. The van der Waals surface area contributed by atoms with Crippen LogP contribution in [0.25, 0.3) is 27.8 Å². The summed E-state index contributed by atoms with van der Waals surface area (Å²) in [6, 6.07) is 23.9. The van der Waals surface area contributed by atoms with Gasteiger partial charge in [-0.15, -0.1) is 10.2 Å². The van der Waals surface area contributed by atoms with Gasteiger partial charge in [0.2, 0.25) is 5.91 Å². The highest BCUT2D eigenvalue weighted by atomic mass is 32.2. The van der Waals surface area contributed by atoms with Crippen molar-refractivity contribution >= 4 is 28.4 Å².